The Morgan fingerprint density at radius 3 is 2.48 bits per heavy atom. The third kappa shape index (κ3) is 4.79. The molecule has 0 saturated heterocycles. The predicted molar refractivity (Wildman–Crippen MR) is 103 cm³/mol. The zero-order valence-corrected chi connectivity index (χ0v) is 17.1. The normalized spacial score (nSPS) is 12.1. The predicted octanol–water partition coefficient (Wildman–Crippen LogP) is 2.78. The molecule has 8 nitrogen and oxygen atoms in total. The van der Waals surface area contributed by atoms with Crippen LogP contribution in [0.1, 0.15) is 60.0 Å². The highest BCUT2D eigenvalue weighted by Crippen LogP contribution is 2.25. The van der Waals surface area contributed by atoms with E-state index < -0.39 is 17.7 Å². The number of aromatic nitrogens is 3. The van der Waals surface area contributed by atoms with Crippen LogP contribution in [0.15, 0.2) is 10.9 Å². The van der Waals surface area contributed by atoms with E-state index in [2.05, 4.69) is 15.3 Å². The van der Waals surface area contributed by atoms with E-state index in [1.165, 1.54) is 4.57 Å². The number of hydrogen-bond acceptors (Lipinski definition) is 7. The van der Waals surface area contributed by atoms with E-state index in [1.54, 1.807) is 40.7 Å². The van der Waals surface area contributed by atoms with Gasteiger partial charge in [-0.2, -0.15) is 4.98 Å². The van der Waals surface area contributed by atoms with E-state index in [0.717, 1.165) is 11.3 Å². The van der Waals surface area contributed by atoms with E-state index >= 15 is 0 Å². The number of carbonyl (C=O) groups excluding carboxylic acids is 2. The van der Waals surface area contributed by atoms with Gasteiger partial charge < -0.3 is 10.1 Å². The first kappa shape index (κ1) is 20.8. The molecule has 1 amide bonds. The fourth-order valence-electron chi connectivity index (χ4n) is 2.72. The van der Waals surface area contributed by atoms with E-state index in [1.807, 2.05) is 6.92 Å². The zero-order valence-electron chi connectivity index (χ0n) is 16.3. The molecule has 0 fully saturated rings. The number of amides is 1. The number of nitrogens with zero attached hydrogens (tertiary/aromatic N) is 3. The molecule has 2 heterocycles. The van der Waals surface area contributed by atoms with Crippen LogP contribution in [0.4, 0.5) is 5.13 Å². The minimum atomic E-state index is -0.721. The lowest BCUT2D eigenvalue weighted by Crippen LogP contribution is -2.36. The molecule has 0 radical (unpaired) electrons. The molecule has 0 aliphatic rings. The summed E-state index contributed by atoms with van der Waals surface area (Å²) in [6.45, 7) is 10.5. The lowest BCUT2D eigenvalue weighted by Gasteiger charge is -2.19. The fraction of sp³-hybridized carbons (Fsp3) is 0.500. The third-order valence-electron chi connectivity index (χ3n) is 3.83. The van der Waals surface area contributed by atoms with Gasteiger partial charge in [0.15, 0.2) is 5.13 Å². The number of carbonyl (C=O) groups is 2. The molecule has 27 heavy (non-hydrogen) atoms. The summed E-state index contributed by atoms with van der Waals surface area (Å²) >= 11 is 1.05. The van der Waals surface area contributed by atoms with Crippen LogP contribution >= 0.6 is 11.3 Å². The van der Waals surface area contributed by atoms with Gasteiger partial charge in [-0.25, -0.2) is 14.6 Å². The Labute approximate surface area is 161 Å². The maximum Gasteiger partial charge on any atom is 0.350 e. The summed E-state index contributed by atoms with van der Waals surface area (Å²) in [5.41, 5.74) is 1.28. The summed E-state index contributed by atoms with van der Waals surface area (Å²) in [6, 6.07) is 1.03. The van der Waals surface area contributed by atoms with Crippen molar-refractivity contribution in [1.82, 2.24) is 14.5 Å². The highest BCUT2D eigenvalue weighted by molar-refractivity contribution is 7.17. The van der Waals surface area contributed by atoms with Crippen molar-refractivity contribution in [2.45, 2.75) is 60.1 Å². The number of esters is 1. The summed E-state index contributed by atoms with van der Waals surface area (Å²) in [7, 11) is 0. The minimum Gasteiger partial charge on any atom is -0.459 e. The quantitative estimate of drug-likeness (QED) is 0.758. The molecular weight excluding hydrogens is 368 g/mol. The minimum absolute atomic E-state index is 0.245. The lowest BCUT2D eigenvalue weighted by molar-refractivity contribution is -0.119. The second kappa shape index (κ2) is 8.43. The van der Waals surface area contributed by atoms with Crippen LogP contribution in [0.3, 0.4) is 0 Å². The molecule has 0 aromatic carbocycles. The standard InChI is InChI=1S/C18H24N4O4S/c1-7-13(22-11(5)8-10(4)19-18(22)25)15(23)21-17-20-12(6)14(27-17)16(24)26-9(2)3/h8-9,13H,7H2,1-6H3,(H,20,21,23). The number of rotatable bonds is 6. The van der Waals surface area contributed by atoms with Crippen LogP contribution in [0.5, 0.6) is 0 Å². The SMILES string of the molecule is CCC(C(=O)Nc1nc(C)c(C(=O)OC(C)C)s1)n1c(C)cc(C)nc1=O. The Morgan fingerprint density at radius 2 is 1.93 bits per heavy atom. The average Bonchev–Trinajstić information content (AvgIpc) is 2.90. The fourth-order valence-corrected chi connectivity index (χ4v) is 3.57. The molecule has 146 valence electrons. The van der Waals surface area contributed by atoms with Crippen LogP contribution in [0.25, 0.3) is 0 Å². The van der Waals surface area contributed by atoms with Crippen molar-refractivity contribution in [2.24, 2.45) is 0 Å². The molecule has 1 atom stereocenters. The molecule has 2 aromatic heterocycles. The Balaban J connectivity index is 2.26. The van der Waals surface area contributed by atoms with Gasteiger partial charge in [0.05, 0.1) is 11.8 Å². The maximum atomic E-state index is 12.8. The zero-order chi connectivity index (χ0) is 20.3. The van der Waals surface area contributed by atoms with E-state index in [9.17, 15) is 14.4 Å². The van der Waals surface area contributed by atoms with Crippen LogP contribution in [-0.2, 0) is 9.53 Å². The molecule has 2 aromatic rings. The summed E-state index contributed by atoms with van der Waals surface area (Å²) in [4.78, 5) is 45.6. The summed E-state index contributed by atoms with van der Waals surface area (Å²) in [5, 5.41) is 2.99. The number of nitrogens with one attached hydrogen (secondary N) is 1. The van der Waals surface area contributed by atoms with Crippen molar-refractivity contribution in [2.75, 3.05) is 5.32 Å². The monoisotopic (exact) mass is 392 g/mol. The van der Waals surface area contributed by atoms with Crippen LogP contribution < -0.4 is 11.0 Å². The molecule has 0 spiro atoms. The van der Waals surface area contributed by atoms with Gasteiger partial charge in [0.25, 0.3) is 0 Å². The molecule has 2 rings (SSSR count). The second-order valence-corrected chi connectivity index (χ2v) is 7.49. The first-order valence-electron chi connectivity index (χ1n) is 8.70. The number of thiazole rings is 1. The third-order valence-corrected chi connectivity index (χ3v) is 4.88. The number of hydrogen-bond donors (Lipinski definition) is 1. The number of anilines is 1. The van der Waals surface area contributed by atoms with Gasteiger partial charge in [-0.15, -0.1) is 0 Å². The highest BCUT2D eigenvalue weighted by atomic mass is 32.1. The molecule has 0 aliphatic heterocycles. The van der Waals surface area contributed by atoms with Crippen molar-refractivity contribution in [1.29, 1.82) is 0 Å². The molecule has 9 heteroatoms. The summed E-state index contributed by atoms with van der Waals surface area (Å²) in [5.74, 6) is -0.854. The van der Waals surface area contributed by atoms with E-state index in [-0.39, 0.29) is 17.1 Å². The molecule has 0 saturated carbocycles. The van der Waals surface area contributed by atoms with E-state index in [4.69, 9.17) is 4.74 Å². The van der Waals surface area contributed by atoms with Gasteiger partial charge in [0.1, 0.15) is 10.9 Å². The first-order chi connectivity index (χ1) is 12.6. The molecule has 1 unspecified atom stereocenters. The van der Waals surface area contributed by atoms with Crippen LogP contribution in [0.2, 0.25) is 0 Å². The molecule has 1 N–H and O–H groups in total. The van der Waals surface area contributed by atoms with Gasteiger partial charge in [-0.05, 0) is 47.1 Å². The van der Waals surface area contributed by atoms with Gasteiger partial charge in [0, 0.05) is 11.4 Å². The van der Waals surface area contributed by atoms with Gasteiger partial charge in [-0.1, -0.05) is 18.3 Å². The van der Waals surface area contributed by atoms with Crippen molar-refractivity contribution < 1.29 is 14.3 Å². The number of ether oxygens (including phenoxy) is 1. The molecule has 0 aliphatic carbocycles. The van der Waals surface area contributed by atoms with E-state index in [0.29, 0.717) is 28.4 Å². The van der Waals surface area contributed by atoms with Crippen molar-refractivity contribution in [3.63, 3.8) is 0 Å². The molecule has 0 bridgehead atoms. The van der Waals surface area contributed by atoms with Crippen molar-refractivity contribution in [3.05, 3.63) is 38.5 Å². The van der Waals surface area contributed by atoms with Crippen LogP contribution in [-0.4, -0.2) is 32.5 Å². The van der Waals surface area contributed by atoms with Gasteiger partial charge >= 0.3 is 11.7 Å². The van der Waals surface area contributed by atoms with Gasteiger partial charge in [0.2, 0.25) is 5.91 Å². The summed E-state index contributed by atoms with van der Waals surface area (Å²) in [6.07, 6.45) is 0.162. The first-order valence-corrected chi connectivity index (χ1v) is 9.51. The Kier molecular flexibility index (Phi) is 6.48. The molecular formula is C18H24N4O4S. The Hall–Kier alpha value is -2.55. The second-order valence-electron chi connectivity index (χ2n) is 6.49. The van der Waals surface area contributed by atoms with Crippen molar-refractivity contribution >= 4 is 28.3 Å². The lowest BCUT2D eigenvalue weighted by atomic mass is 10.2. The van der Waals surface area contributed by atoms with Crippen molar-refractivity contribution in [3.8, 4) is 0 Å². The highest BCUT2D eigenvalue weighted by Gasteiger charge is 2.24. The smallest absolute Gasteiger partial charge is 0.350 e. The summed E-state index contributed by atoms with van der Waals surface area (Å²) < 4.78 is 6.55. The van der Waals surface area contributed by atoms with Crippen LogP contribution in [0, 0.1) is 20.8 Å². The average molecular weight is 392 g/mol. The largest absolute Gasteiger partial charge is 0.459 e. The Bertz CT molecular complexity index is 917. The Morgan fingerprint density at radius 1 is 1.26 bits per heavy atom. The maximum absolute atomic E-state index is 12.8. The number of aryl methyl sites for hydroxylation is 3. The topological polar surface area (TPSA) is 103 Å². The van der Waals surface area contributed by atoms with Gasteiger partial charge in [-0.3, -0.25) is 9.36 Å².